The van der Waals surface area contributed by atoms with Crippen molar-refractivity contribution >= 4 is 39.3 Å². The normalized spacial score (nSPS) is 10.4. The lowest BCUT2D eigenvalue weighted by Gasteiger charge is -2.07. The van der Waals surface area contributed by atoms with E-state index in [1.54, 1.807) is 0 Å². The van der Waals surface area contributed by atoms with Crippen molar-refractivity contribution in [1.29, 1.82) is 0 Å². The summed E-state index contributed by atoms with van der Waals surface area (Å²) in [5, 5.41) is 3.25. The van der Waals surface area contributed by atoms with Gasteiger partial charge in [-0.2, -0.15) is 11.8 Å². The molecule has 1 heterocycles. The molecule has 0 aliphatic heterocycles. The van der Waals surface area contributed by atoms with Gasteiger partial charge < -0.3 is 11.1 Å². The number of halogens is 1. The Hall–Kier alpha value is -0.490. The third kappa shape index (κ3) is 4.57. The Kier molecular flexibility index (Phi) is 6.56. The van der Waals surface area contributed by atoms with Crippen LogP contribution in [0.3, 0.4) is 0 Å². The van der Waals surface area contributed by atoms with Crippen molar-refractivity contribution in [1.82, 2.24) is 9.97 Å². The average molecular weight is 305 g/mol. The van der Waals surface area contributed by atoms with Crippen molar-refractivity contribution in [3.05, 3.63) is 10.8 Å². The molecule has 0 spiro atoms. The Morgan fingerprint density at radius 3 is 2.94 bits per heavy atom. The van der Waals surface area contributed by atoms with Crippen LogP contribution < -0.4 is 11.1 Å². The van der Waals surface area contributed by atoms with Gasteiger partial charge in [0, 0.05) is 6.54 Å². The molecule has 4 nitrogen and oxygen atoms in total. The summed E-state index contributed by atoms with van der Waals surface area (Å²) in [5.41, 5.74) is 5.65. The minimum atomic E-state index is 0.472. The van der Waals surface area contributed by atoms with Gasteiger partial charge in [0.1, 0.15) is 22.4 Å². The number of hydrogen-bond donors (Lipinski definition) is 2. The number of unbranched alkanes of at least 4 members (excludes halogenated alkanes) is 2. The molecule has 0 aromatic carbocycles. The summed E-state index contributed by atoms with van der Waals surface area (Å²) in [4.78, 5) is 8.01. The molecule has 1 rings (SSSR count). The number of aromatic nitrogens is 2. The SMILES string of the molecule is CSCCCCCNc1ncnc(N)c1Br. The van der Waals surface area contributed by atoms with E-state index in [0.717, 1.165) is 23.3 Å². The summed E-state index contributed by atoms with van der Waals surface area (Å²) in [7, 11) is 0. The van der Waals surface area contributed by atoms with Gasteiger partial charge in [-0.3, -0.25) is 0 Å². The standard InChI is InChI=1S/C10H17BrN4S/c1-16-6-4-2-3-5-13-10-8(11)9(12)14-7-15-10/h7H,2-6H2,1H3,(H3,12,13,14,15). The van der Waals surface area contributed by atoms with Crippen LogP contribution in [-0.4, -0.2) is 28.5 Å². The van der Waals surface area contributed by atoms with Crippen molar-refractivity contribution in [2.45, 2.75) is 19.3 Å². The van der Waals surface area contributed by atoms with Gasteiger partial charge in [-0.1, -0.05) is 6.42 Å². The van der Waals surface area contributed by atoms with Crippen molar-refractivity contribution in [3.63, 3.8) is 0 Å². The largest absolute Gasteiger partial charge is 0.383 e. The van der Waals surface area contributed by atoms with Crippen molar-refractivity contribution < 1.29 is 0 Å². The second kappa shape index (κ2) is 7.73. The van der Waals surface area contributed by atoms with Crippen LogP contribution >= 0.6 is 27.7 Å². The number of rotatable bonds is 7. The summed E-state index contributed by atoms with van der Waals surface area (Å²) < 4.78 is 0.749. The average Bonchev–Trinajstić information content (AvgIpc) is 2.29. The summed E-state index contributed by atoms with van der Waals surface area (Å²) in [6.07, 6.45) is 7.27. The first-order valence-electron chi connectivity index (χ1n) is 5.24. The maximum absolute atomic E-state index is 5.65. The van der Waals surface area contributed by atoms with Crippen LogP contribution in [0.4, 0.5) is 11.6 Å². The van der Waals surface area contributed by atoms with E-state index in [9.17, 15) is 0 Å². The summed E-state index contributed by atoms with van der Waals surface area (Å²) in [6, 6.07) is 0. The molecule has 0 aliphatic rings. The molecule has 0 saturated carbocycles. The maximum Gasteiger partial charge on any atom is 0.145 e. The number of nitrogens with zero attached hydrogens (tertiary/aromatic N) is 2. The van der Waals surface area contributed by atoms with E-state index in [1.165, 1.54) is 24.9 Å². The zero-order valence-corrected chi connectivity index (χ0v) is 11.8. The molecule has 1 aromatic heterocycles. The number of hydrogen-bond acceptors (Lipinski definition) is 5. The molecule has 0 aliphatic carbocycles. The fourth-order valence-corrected chi connectivity index (χ4v) is 2.10. The van der Waals surface area contributed by atoms with E-state index in [4.69, 9.17) is 5.73 Å². The van der Waals surface area contributed by atoms with Gasteiger partial charge in [-0.15, -0.1) is 0 Å². The zero-order valence-electron chi connectivity index (χ0n) is 9.37. The molecule has 0 saturated heterocycles. The van der Waals surface area contributed by atoms with Crippen LogP contribution in [0.2, 0.25) is 0 Å². The minimum absolute atomic E-state index is 0.472. The first-order chi connectivity index (χ1) is 7.75. The molecule has 0 amide bonds. The number of thioether (sulfide) groups is 1. The molecular weight excluding hydrogens is 288 g/mol. The second-order valence-electron chi connectivity index (χ2n) is 3.40. The molecule has 3 N–H and O–H groups in total. The predicted molar refractivity (Wildman–Crippen MR) is 74.9 cm³/mol. The summed E-state index contributed by atoms with van der Waals surface area (Å²) >= 11 is 5.25. The third-order valence-corrected chi connectivity index (χ3v) is 3.61. The lowest BCUT2D eigenvalue weighted by Crippen LogP contribution is -2.06. The Morgan fingerprint density at radius 2 is 2.19 bits per heavy atom. The summed E-state index contributed by atoms with van der Waals surface area (Å²) in [5.74, 6) is 2.49. The molecule has 6 heteroatoms. The van der Waals surface area contributed by atoms with Crippen LogP contribution in [0.25, 0.3) is 0 Å². The lowest BCUT2D eigenvalue weighted by atomic mass is 10.2. The number of nitrogen functional groups attached to an aromatic ring is 1. The maximum atomic E-state index is 5.65. The van der Waals surface area contributed by atoms with Gasteiger partial charge in [0.05, 0.1) is 0 Å². The lowest BCUT2D eigenvalue weighted by molar-refractivity contribution is 0.748. The topological polar surface area (TPSA) is 63.8 Å². The Bertz CT molecular complexity index is 322. The highest BCUT2D eigenvalue weighted by Gasteiger charge is 2.04. The Labute approximate surface area is 109 Å². The molecule has 90 valence electrons. The van der Waals surface area contributed by atoms with Crippen molar-refractivity contribution in [2.24, 2.45) is 0 Å². The monoisotopic (exact) mass is 304 g/mol. The highest BCUT2D eigenvalue weighted by atomic mass is 79.9. The van der Waals surface area contributed by atoms with Crippen LogP contribution in [-0.2, 0) is 0 Å². The molecule has 1 aromatic rings. The molecular formula is C10H17BrN4S. The highest BCUT2D eigenvalue weighted by molar-refractivity contribution is 9.10. The van der Waals surface area contributed by atoms with E-state index >= 15 is 0 Å². The molecule has 16 heavy (non-hydrogen) atoms. The van der Waals surface area contributed by atoms with Gasteiger partial charge >= 0.3 is 0 Å². The summed E-state index contributed by atoms with van der Waals surface area (Å²) in [6.45, 7) is 0.920. The zero-order chi connectivity index (χ0) is 11.8. The van der Waals surface area contributed by atoms with E-state index in [2.05, 4.69) is 37.5 Å². The smallest absolute Gasteiger partial charge is 0.145 e. The fourth-order valence-electron chi connectivity index (χ4n) is 1.26. The molecule has 0 bridgehead atoms. The Morgan fingerprint density at radius 1 is 1.38 bits per heavy atom. The van der Waals surface area contributed by atoms with E-state index in [0.29, 0.717) is 5.82 Å². The van der Waals surface area contributed by atoms with Crippen LogP contribution in [0.1, 0.15) is 19.3 Å². The van der Waals surface area contributed by atoms with Crippen molar-refractivity contribution in [3.8, 4) is 0 Å². The number of anilines is 2. The predicted octanol–water partition coefficient (Wildman–Crippen LogP) is 2.77. The van der Waals surface area contributed by atoms with Crippen LogP contribution in [0, 0.1) is 0 Å². The number of nitrogens with two attached hydrogens (primary N) is 1. The first-order valence-corrected chi connectivity index (χ1v) is 7.43. The van der Waals surface area contributed by atoms with E-state index in [1.807, 2.05) is 11.8 Å². The number of nitrogens with one attached hydrogen (secondary N) is 1. The first kappa shape index (κ1) is 13.6. The second-order valence-corrected chi connectivity index (χ2v) is 5.18. The van der Waals surface area contributed by atoms with E-state index in [-0.39, 0.29) is 0 Å². The minimum Gasteiger partial charge on any atom is -0.383 e. The quantitative estimate of drug-likeness (QED) is 0.758. The van der Waals surface area contributed by atoms with Gasteiger partial charge in [0.25, 0.3) is 0 Å². The Balaban J connectivity index is 2.24. The molecule has 0 fully saturated rings. The van der Waals surface area contributed by atoms with Gasteiger partial charge in [-0.25, -0.2) is 9.97 Å². The van der Waals surface area contributed by atoms with Gasteiger partial charge in [-0.05, 0) is 40.8 Å². The molecule has 0 unspecified atom stereocenters. The fraction of sp³-hybridized carbons (Fsp3) is 0.600. The molecule has 0 atom stereocenters. The van der Waals surface area contributed by atoms with Gasteiger partial charge in [0.15, 0.2) is 0 Å². The van der Waals surface area contributed by atoms with Crippen LogP contribution in [0.5, 0.6) is 0 Å². The molecule has 0 radical (unpaired) electrons. The van der Waals surface area contributed by atoms with Gasteiger partial charge in [0.2, 0.25) is 0 Å². The van der Waals surface area contributed by atoms with E-state index < -0.39 is 0 Å². The highest BCUT2D eigenvalue weighted by Crippen LogP contribution is 2.23. The van der Waals surface area contributed by atoms with Crippen LogP contribution in [0.15, 0.2) is 10.8 Å². The third-order valence-electron chi connectivity index (χ3n) is 2.13. The van der Waals surface area contributed by atoms with Crippen molar-refractivity contribution in [2.75, 3.05) is 29.6 Å².